The number of amides is 1. The molecule has 0 bridgehead atoms. The topological polar surface area (TPSA) is 106 Å². The lowest BCUT2D eigenvalue weighted by Gasteiger charge is -2.13. The Morgan fingerprint density at radius 1 is 1.14 bits per heavy atom. The minimum Gasteiger partial charge on any atom is -0.508 e. The fraction of sp³-hybridized carbons (Fsp3) is 0.231. The van der Waals surface area contributed by atoms with Crippen molar-refractivity contribution < 1.29 is 19.5 Å². The van der Waals surface area contributed by atoms with Crippen molar-refractivity contribution in [3.8, 4) is 11.5 Å². The second-order valence-corrected chi connectivity index (χ2v) is 9.28. The summed E-state index contributed by atoms with van der Waals surface area (Å²) in [5, 5.41) is 16.8. The molecule has 0 fully saturated rings. The standard InChI is InChI=1S/C24H23ClN3O4P.C2H6/c1-14-10-17(11-20(25)21(14)31-13-16-4-8-19(29)9-5-16)23-28-32-24(33-23)22(30)27-12-15-2-6-18(26)7-3-15;1-2/h2-11,24,29,33H,12-13,26H2,1H3,(H,27,30);1-2H3. The largest absolute Gasteiger partial charge is 0.508 e. The second-order valence-electron chi connectivity index (χ2n) is 7.59. The van der Waals surface area contributed by atoms with E-state index in [0.717, 1.165) is 22.3 Å². The van der Waals surface area contributed by atoms with E-state index < -0.39 is 5.85 Å². The first kappa shape index (κ1) is 26.3. The molecule has 4 rings (SSSR count). The van der Waals surface area contributed by atoms with Crippen molar-refractivity contribution >= 4 is 37.2 Å². The summed E-state index contributed by atoms with van der Waals surface area (Å²) >= 11 is 6.49. The Bertz CT molecular complexity index is 1160. The number of nitrogens with zero attached hydrogens (tertiary/aromatic N) is 1. The van der Waals surface area contributed by atoms with Crippen LogP contribution in [0.1, 0.15) is 36.1 Å². The molecule has 1 amide bonds. The van der Waals surface area contributed by atoms with Gasteiger partial charge in [0, 0.05) is 17.8 Å². The van der Waals surface area contributed by atoms with Crippen molar-refractivity contribution in [3.63, 3.8) is 0 Å². The number of hydrogen-bond donors (Lipinski definition) is 3. The van der Waals surface area contributed by atoms with E-state index in [9.17, 15) is 9.90 Å². The number of aryl methyl sites for hydroxylation is 1. The zero-order valence-corrected chi connectivity index (χ0v) is 21.6. The van der Waals surface area contributed by atoms with Crippen LogP contribution in [0.3, 0.4) is 0 Å². The first-order valence-corrected chi connectivity index (χ1v) is 12.7. The van der Waals surface area contributed by atoms with Crippen LogP contribution in [0, 0.1) is 6.92 Å². The number of rotatable bonds is 7. The minimum absolute atomic E-state index is 0.0534. The van der Waals surface area contributed by atoms with Crippen LogP contribution < -0.4 is 15.8 Å². The molecule has 2 unspecified atom stereocenters. The van der Waals surface area contributed by atoms with Gasteiger partial charge in [-0.05, 0) is 68.6 Å². The molecule has 1 aliphatic rings. The third-order valence-electron chi connectivity index (χ3n) is 5.02. The van der Waals surface area contributed by atoms with E-state index in [4.69, 9.17) is 26.9 Å². The van der Waals surface area contributed by atoms with Crippen LogP contribution in [0.2, 0.25) is 5.02 Å². The molecule has 0 radical (unpaired) electrons. The average Bonchev–Trinajstić information content (AvgIpc) is 3.36. The third kappa shape index (κ3) is 7.10. The number of halogens is 1. The molecule has 3 aromatic rings. The van der Waals surface area contributed by atoms with Crippen molar-refractivity contribution in [2.45, 2.75) is 39.8 Å². The SMILES string of the molecule is CC.Cc1cc(C2=NOC(C(=O)NCc3ccc(N)cc3)P2)cc(Cl)c1OCc1ccc(O)cc1. The van der Waals surface area contributed by atoms with Crippen molar-refractivity contribution in [1.82, 2.24) is 5.32 Å². The highest BCUT2D eigenvalue weighted by atomic mass is 35.5. The maximum Gasteiger partial charge on any atom is 0.268 e. The molecular formula is C26H29ClN3O4P. The summed E-state index contributed by atoms with van der Waals surface area (Å²) in [6.07, 6.45) is 0. The fourth-order valence-electron chi connectivity index (χ4n) is 3.25. The zero-order valence-electron chi connectivity index (χ0n) is 19.8. The Balaban J connectivity index is 0.00000167. The zero-order chi connectivity index (χ0) is 25.4. The molecule has 0 aliphatic carbocycles. The summed E-state index contributed by atoms with van der Waals surface area (Å²) < 4.78 is 5.90. The van der Waals surface area contributed by atoms with E-state index in [1.807, 2.05) is 39.0 Å². The maximum atomic E-state index is 12.5. The molecule has 0 saturated heterocycles. The van der Waals surface area contributed by atoms with Gasteiger partial charge in [-0.15, -0.1) is 0 Å². The predicted molar refractivity (Wildman–Crippen MR) is 142 cm³/mol. The molecule has 0 spiro atoms. The van der Waals surface area contributed by atoms with Crippen LogP contribution in [-0.2, 0) is 22.8 Å². The highest BCUT2D eigenvalue weighted by Crippen LogP contribution is 2.37. The van der Waals surface area contributed by atoms with Crippen LogP contribution in [0.25, 0.3) is 0 Å². The molecule has 0 aromatic heterocycles. The summed E-state index contributed by atoms with van der Waals surface area (Å²) in [5.74, 6) is -0.108. The lowest BCUT2D eigenvalue weighted by atomic mass is 10.1. The molecule has 0 saturated carbocycles. The molecule has 9 heteroatoms. The van der Waals surface area contributed by atoms with Crippen molar-refractivity contribution in [3.05, 3.63) is 87.9 Å². The quantitative estimate of drug-likeness (QED) is 0.283. The predicted octanol–water partition coefficient (Wildman–Crippen LogP) is 5.55. The first-order chi connectivity index (χ1) is 16.9. The van der Waals surface area contributed by atoms with Gasteiger partial charge in [0.25, 0.3) is 5.91 Å². The van der Waals surface area contributed by atoms with Gasteiger partial charge in [-0.3, -0.25) is 4.79 Å². The van der Waals surface area contributed by atoms with Gasteiger partial charge in [-0.2, -0.15) is 0 Å². The number of nitrogens with one attached hydrogen (secondary N) is 1. The van der Waals surface area contributed by atoms with E-state index in [1.165, 1.54) is 0 Å². The van der Waals surface area contributed by atoms with Crippen molar-refractivity contribution in [1.29, 1.82) is 0 Å². The molecule has 1 aliphatic heterocycles. The van der Waals surface area contributed by atoms with Crippen LogP contribution in [0.4, 0.5) is 5.69 Å². The smallest absolute Gasteiger partial charge is 0.268 e. The molecule has 35 heavy (non-hydrogen) atoms. The molecule has 7 nitrogen and oxygen atoms in total. The lowest BCUT2D eigenvalue weighted by Crippen LogP contribution is -2.31. The molecule has 184 valence electrons. The number of carbonyl (C=O) groups excluding carboxylic acids is 1. The highest BCUT2D eigenvalue weighted by Gasteiger charge is 2.29. The summed E-state index contributed by atoms with van der Waals surface area (Å²) in [4.78, 5) is 17.9. The van der Waals surface area contributed by atoms with Crippen LogP contribution in [0.15, 0.2) is 65.8 Å². The average molecular weight is 514 g/mol. The van der Waals surface area contributed by atoms with E-state index >= 15 is 0 Å². The van der Waals surface area contributed by atoms with Gasteiger partial charge in [-0.25, -0.2) is 0 Å². The second kappa shape index (κ2) is 12.4. The number of hydrogen-bond acceptors (Lipinski definition) is 6. The number of aromatic hydroxyl groups is 1. The number of oxime groups is 1. The van der Waals surface area contributed by atoms with E-state index in [0.29, 0.717) is 35.1 Å². The molecule has 2 atom stereocenters. The van der Waals surface area contributed by atoms with Crippen LogP contribution >= 0.6 is 20.2 Å². The fourth-order valence-corrected chi connectivity index (χ4v) is 4.57. The Hall–Kier alpha value is -3.28. The Morgan fingerprint density at radius 2 is 1.80 bits per heavy atom. The number of benzene rings is 3. The molecule has 1 heterocycles. The van der Waals surface area contributed by atoms with Crippen LogP contribution in [0.5, 0.6) is 11.5 Å². The molecule has 3 aromatic carbocycles. The number of phenolic OH excluding ortho intramolecular Hbond substituents is 1. The van der Waals surface area contributed by atoms with Gasteiger partial charge < -0.3 is 25.7 Å². The summed E-state index contributed by atoms with van der Waals surface area (Å²) in [6, 6.07) is 17.8. The maximum absolute atomic E-state index is 12.5. The molecule has 4 N–H and O–H groups in total. The Kier molecular flexibility index (Phi) is 9.35. The van der Waals surface area contributed by atoms with Gasteiger partial charge in [0.2, 0.25) is 5.85 Å². The normalized spacial score (nSPS) is 15.0. The summed E-state index contributed by atoms with van der Waals surface area (Å²) in [5.41, 5.74) is 10.5. The number of nitrogen functional groups attached to an aromatic ring is 1. The number of phenols is 1. The van der Waals surface area contributed by atoms with Gasteiger partial charge in [0.1, 0.15) is 23.6 Å². The van der Waals surface area contributed by atoms with Gasteiger partial charge in [0.15, 0.2) is 0 Å². The van der Waals surface area contributed by atoms with Gasteiger partial charge in [-0.1, -0.05) is 54.9 Å². The Morgan fingerprint density at radius 3 is 2.46 bits per heavy atom. The number of nitrogens with two attached hydrogens (primary N) is 1. The van der Waals surface area contributed by atoms with E-state index in [2.05, 4.69) is 10.5 Å². The number of ether oxygens (including phenoxy) is 1. The monoisotopic (exact) mass is 513 g/mol. The lowest BCUT2D eigenvalue weighted by molar-refractivity contribution is -0.127. The highest BCUT2D eigenvalue weighted by molar-refractivity contribution is 7.61. The number of anilines is 1. The summed E-state index contributed by atoms with van der Waals surface area (Å²) in [7, 11) is 0.0534. The minimum atomic E-state index is -0.668. The first-order valence-electron chi connectivity index (χ1n) is 11.2. The summed E-state index contributed by atoms with van der Waals surface area (Å²) in [6.45, 7) is 6.61. The van der Waals surface area contributed by atoms with Crippen molar-refractivity contribution in [2.75, 3.05) is 5.73 Å². The van der Waals surface area contributed by atoms with Crippen LogP contribution in [-0.4, -0.2) is 22.3 Å². The number of carbonyl (C=O) groups is 1. The molecular weight excluding hydrogens is 485 g/mol. The third-order valence-corrected chi connectivity index (χ3v) is 6.59. The van der Waals surface area contributed by atoms with E-state index in [1.54, 1.807) is 42.5 Å². The Labute approximate surface area is 212 Å². The van der Waals surface area contributed by atoms with Crippen molar-refractivity contribution in [2.24, 2.45) is 5.16 Å². The van der Waals surface area contributed by atoms with Gasteiger partial charge >= 0.3 is 0 Å². The van der Waals surface area contributed by atoms with E-state index in [-0.39, 0.29) is 20.2 Å². The van der Waals surface area contributed by atoms with Gasteiger partial charge in [0.05, 0.1) is 5.02 Å².